The number of ketones is 1. The van der Waals surface area contributed by atoms with E-state index in [-0.39, 0.29) is 29.0 Å². The summed E-state index contributed by atoms with van der Waals surface area (Å²) in [6.07, 6.45) is -4.02. The molecule has 1 aromatic heterocycles. The molecular weight excluding hydrogens is 460 g/mol. The molecule has 2 amide bonds. The van der Waals surface area contributed by atoms with Crippen molar-refractivity contribution in [3.63, 3.8) is 0 Å². The van der Waals surface area contributed by atoms with Gasteiger partial charge in [0.05, 0.1) is 21.7 Å². The van der Waals surface area contributed by atoms with Crippen LogP contribution in [0, 0.1) is 5.82 Å². The third-order valence-corrected chi connectivity index (χ3v) is 6.09. The maximum Gasteiger partial charge on any atom is 0.417 e. The van der Waals surface area contributed by atoms with Crippen molar-refractivity contribution in [3.8, 4) is 0 Å². The van der Waals surface area contributed by atoms with Crippen LogP contribution in [0.5, 0.6) is 0 Å². The fourth-order valence-electron chi connectivity index (χ4n) is 3.57. The first-order valence-corrected chi connectivity index (χ1v) is 10.7. The van der Waals surface area contributed by atoms with Gasteiger partial charge in [0.15, 0.2) is 5.78 Å². The van der Waals surface area contributed by atoms with Crippen LogP contribution in [0.4, 0.5) is 28.9 Å². The zero-order chi connectivity index (χ0) is 23.8. The third-order valence-electron chi connectivity index (χ3n) is 5.14. The number of fused-ring (bicyclic) bond motifs is 1. The molecule has 2 heterocycles. The number of anilines is 2. The van der Waals surface area contributed by atoms with E-state index in [0.717, 1.165) is 12.1 Å². The van der Waals surface area contributed by atoms with Gasteiger partial charge in [-0.15, -0.1) is 11.3 Å². The molecule has 0 unspecified atom stereocenters. The topological polar surface area (TPSA) is 66.5 Å². The number of nitrogens with one attached hydrogen (secondary N) is 1. The quantitative estimate of drug-likeness (QED) is 0.487. The fourth-order valence-corrected chi connectivity index (χ4v) is 4.43. The lowest BCUT2D eigenvalue weighted by Crippen LogP contribution is -2.31. The maximum absolute atomic E-state index is 13.3. The molecule has 170 valence electrons. The number of nitrogens with zero attached hydrogens (tertiary/aromatic N) is 1. The molecule has 10 heteroatoms. The van der Waals surface area contributed by atoms with Gasteiger partial charge in [-0.1, -0.05) is 0 Å². The van der Waals surface area contributed by atoms with Gasteiger partial charge in [0, 0.05) is 24.2 Å². The van der Waals surface area contributed by atoms with Crippen molar-refractivity contribution in [1.29, 1.82) is 0 Å². The summed E-state index contributed by atoms with van der Waals surface area (Å²) in [7, 11) is 0. The molecule has 0 aliphatic carbocycles. The van der Waals surface area contributed by atoms with Crippen molar-refractivity contribution in [2.24, 2.45) is 0 Å². The Hall–Kier alpha value is -3.53. The van der Waals surface area contributed by atoms with Crippen LogP contribution in [0.25, 0.3) is 0 Å². The van der Waals surface area contributed by atoms with Crippen LogP contribution >= 0.6 is 11.3 Å². The number of carbonyl (C=O) groups is 3. The van der Waals surface area contributed by atoms with Gasteiger partial charge in [-0.2, -0.15) is 13.2 Å². The second-order valence-electron chi connectivity index (χ2n) is 7.34. The van der Waals surface area contributed by atoms with Gasteiger partial charge in [-0.25, -0.2) is 4.39 Å². The summed E-state index contributed by atoms with van der Waals surface area (Å²) in [6.45, 7) is 0.373. The van der Waals surface area contributed by atoms with Crippen LogP contribution in [0.1, 0.15) is 48.8 Å². The van der Waals surface area contributed by atoms with E-state index in [1.165, 1.54) is 40.5 Å². The summed E-state index contributed by atoms with van der Waals surface area (Å²) >= 11 is 1.28. The highest BCUT2D eigenvalue weighted by Crippen LogP contribution is 2.34. The molecule has 4 rings (SSSR count). The largest absolute Gasteiger partial charge is 0.417 e. The molecule has 1 aliphatic heterocycles. The Labute approximate surface area is 189 Å². The van der Waals surface area contributed by atoms with Crippen molar-refractivity contribution < 1.29 is 31.9 Å². The molecule has 0 saturated carbocycles. The minimum absolute atomic E-state index is 0.00706. The van der Waals surface area contributed by atoms with Gasteiger partial charge in [0.25, 0.3) is 11.8 Å². The van der Waals surface area contributed by atoms with E-state index in [0.29, 0.717) is 30.0 Å². The minimum Gasteiger partial charge on any atom is -0.322 e. The second kappa shape index (κ2) is 8.78. The lowest BCUT2D eigenvalue weighted by molar-refractivity contribution is -0.138. The molecule has 3 aromatic rings. The number of hydrogen-bond acceptors (Lipinski definition) is 4. The van der Waals surface area contributed by atoms with Crippen molar-refractivity contribution in [2.45, 2.75) is 19.0 Å². The zero-order valence-corrected chi connectivity index (χ0v) is 17.7. The zero-order valence-electron chi connectivity index (χ0n) is 16.9. The van der Waals surface area contributed by atoms with Gasteiger partial charge in [0.2, 0.25) is 0 Å². The molecule has 33 heavy (non-hydrogen) atoms. The summed E-state index contributed by atoms with van der Waals surface area (Å²) in [5, 5.41) is 4.08. The van der Waals surface area contributed by atoms with Gasteiger partial charge in [-0.3, -0.25) is 14.4 Å². The Kier molecular flexibility index (Phi) is 6.03. The van der Waals surface area contributed by atoms with E-state index in [9.17, 15) is 31.9 Å². The Balaban J connectivity index is 1.53. The number of halogens is 4. The molecule has 1 N–H and O–H groups in total. The molecule has 0 saturated heterocycles. The smallest absolute Gasteiger partial charge is 0.322 e. The first kappa shape index (κ1) is 22.7. The first-order valence-electron chi connectivity index (χ1n) is 9.86. The van der Waals surface area contributed by atoms with Crippen molar-refractivity contribution in [1.82, 2.24) is 0 Å². The maximum atomic E-state index is 13.3. The lowest BCUT2D eigenvalue weighted by atomic mass is 10.1. The highest BCUT2D eigenvalue weighted by atomic mass is 32.1. The Morgan fingerprint density at radius 3 is 2.45 bits per heavy atom. The summed E-state index contributed by atoms with van der Waals surface area (Å²) in [6, 6.07) is 9.18. The van der Waals surface area contributed by atoms with E-state index in [1.54, 1.807) is 11.4 Å². The number of hydrogen-bond donors (Lipinski definition) is 1. The fraction of sp³-hybridized carbons (Fsp3) is 0.174. The van der Waals surface area contributed by atoms with Gasteiger partial charge in [0.1, 0.15) is 5.82 Å². The van der Waals surface area contributed by atoms with Crippen LogP contribution in [0.15, 0.2) is 53.9 Å². The van der Waals surface area contributed by atoms with Crippen LogP contribution in [0.2, 0.25) is 0 Å². The molecular formula is C23H16F4N2O3S. The number of rotatable bonds is 3. The summed E-state index contributed by atoms with van der Waals surface area (Å²) in [4.78, 5) is 39.7. The number of thiophene rings is 1. The molecule has 0 radical (unpaired) electrons. The number of alkyl halides is 3. The van der Waals surface area contributed by atoms with E-state index in [1.807, 2.05) is 0 Å². The monoisotopic (exact) mass is 476 g/mol. The van der Waals surface area contributed by atoms with Crippen molar-refractivity contribution in [2.75, 3.05) is 16.8 Å². The second-order valence-corrected chi connectivity index (χ2v) is 8.25. The summed E-state index contributed by atoms with van der Waals surface area (Å²) < 4.78 is 52.8. The van der Waals surface area contributed by atoms with Crippen LogP contribution in [-0.4, -0.2) is 24.1 Å². The minimum atomic E-state index is -4.90. The number of benzene rings is 2. The van der Waals surface area contributed by atoms with Gasteiger partial charge < -0.3 is 10.2 Å². The SMILES string of the molecule is O=C(Nc1ccc(C(=O)N2CCCC(=O)c3sccc32)cc1)c1ccc(F)cc1C(F)(F)F. The summed E-state index contributed by atoms with van der Waals surface area (Å²) in [5.41, 5.74) is -1.09. The van der Waals surface area contributed by atoms with Crippen molar-refractivity contribution in [3.05, 3.63) is 81.3 Å². The van der Waals surface area contributed by atoms with E-state index in [2.05, 4.69) is 5.32 Å². The summed E-state index contributed by atoms with van der Waals surface area (Å²) in [5.74, 6) is -2.51. The number of Topliss-reactive ketones (excluding diaryl/α,β-unsaturated/α-hetero) is 1. The van der Waals surface area contributed by atoms with Crippen molar-refractivity contribution >= 4 is 40.3 Å². The standard InChI is InChI=1S/C23H16F4N2O3S/c24-14-5-8-16(17(12-14)23(25,26)27)21(31)28-15-6-3-13(4-7-15)22(32)29-10-1-2-19(30)20-18(29)9-11-33-20/h3-9,11-12H,1-2,10H2,(H,28,31). The molecule has 0 fully saturated rings. The predicted molar refractivity (Wildman–Crippen MR) is 115 cm³/mol. The average Bonchev–Trinajstić information content (AvgIpc) is 3.20. The third kappa shape index (κ3) is 4.65. The average molecular weight is 476 g/mol. The van der Waals surface area contributed by atoms with Crippen LogP contribution in [0.3, 0.4) is 0 Å². The highest BCUT2D eigenvalue weighted by molar-refractivity contribution is 7.12. The first-order chi connectivity index (χ1) is 15.6. The van der Waals surface area contributed by atoms with E-state index in [4.69, 9.17) is 0 Å². The Morgan fingerprint density at radius 2 is 1.76 bits per heavy atom. The lowest BCUT2D eigenvalue weighted by Gasteiger charge is -2.21. The molecule has 2 aromatic carbocycles. The van der Waals surface area contributed by atoms with Gasteiger partial charge in [-0.05, 0) is 60.3 Å². The number of amides is 2. The van der Waals surface area contributed by atoms with Crippen LogP contribution < -0.4 is 10.2 Å². The van der Waals surface area contributed by atoms with Gasteiger partial charge >= 0.3 is 6.18 Å². The Bertz CT molecular complexity index is 1240. The Morgan fingerprint density at radius 1 is 1.03 bits per heavy atom. The molecule has 0 atom stereocenters. The van der Waals surface area contributed by atoms with E-state index < -0.39 is 29.0 Å². The normalized spacial score (nSPS) is 13.9. The molecule has 0 bridgehead atoms. The highest BCUT2D eigenvalue weighted by Gasteiger charge is 2.35. The predicted octanol–water partition coefficient (Wildman–Crippen LogP) is 5.78. The van der Waals surface area contributed by atoms with Crippen LogP contribution in [-0.2, 0) is 6.18 Å². The molecule has 0 spiro atoms. The molecule has 5 nitrogen and oxygen atoms in total. The molecule has 1 aliphatic rings. The van der Waals surface area contributed by atoms with E-state index >= 15 is 0 Å². The number of carbonyl (C=O) groups excluding carboxylic acids is 3.